The Morgan fingerprint density at radius 2 is 2.00 bits per heavy atom. The Hall–Kier alpha value is -1.85. The predicted molar refractivity (Wildman–Crippen MR) is 66.9 cm³/mol. The topological polar surface area (TPSA) is 38.9 Å². The standard InChI is InChI=1S/C14H14N2/c15-10-5-1-2-6-12-9-11-16-14-8-4-3-7-13(12)14/h3-4,7-9,11H,5-6,10,15H2. The minimum Gasteiger partial charge on any atom is -0.330 e. The molecule has 0 aliphatic heterocycles. The van der Waals surface area contributed by atoms with Crippen LogP contribution in [0.15, 0.2) is 36.5 Å². The van der Waals surface area contributed by atoms with Gasteiger partial charge in [-0.2, -0.15) is 0 Å². The molecule has 0 aliphatic rings. The van der Waals surface area contributed by atoms with Crippen LogP contribution in [0.3, 0.4) is 0 Å². The molecule has 2 rings (SSSR count). The van der Waals surface area contributed by atoms with Crippen molar-refractivity contribution in [2.75, 3.05) is 6.54 Å². The lowest BCUT2D eigenvalue weighted by Gasteiger charge is -2.01. The van der Waals surface area contributed by atoms with E-state index < -0.39 is 0 Å². The van der Waals surface area contributed by atoms with E-state index in [1.54, 1.807) is 0 Å². The molecule has 16 heavy (non-hydrogen) atoms. The van der Waals surface area contributed by atoms with Gasteiger partial charge in [0.2, 0.25) is 0 Å². The molecule has 2 heteroatoms. The van der Waals surface area contributed by atoms with Crippen molar-refractivity contribution in [1.82, 2.24) is 4.98 Å². The minimum atomic E-state index is 0.629. The van der Waals surface area contributed by atoms with Gasteiger partial charge in [0.05, 0.1) is 5.52 Å². The zero-order valence-electron chi connectivity index (χ0n) is 9.11. The van der Waals surface area contributed by atoms with Gasteiger partial charge in [0.1, 0.15) is 0 Å². The molecule has 80 valence electrons. The first-order chi connectivity index (χ1) is 7.92. The summed E-state index contributed by atoms with van der Waals surface area (Å²) in [4.78, 5) is 4.32. The molecule has 2 aromatic rings. The Morgan fingerprint density at radius 1 is 1.12 bits per heavy atom. The smallest absolute Gasteiger partial charge is 0.0705 e. The summed E-state index contributed by atoms with van der Waals surface area (Å²) in [5, 5.41) is 1.19. The van der Waals surface area contributed by atoms with E-state index in [1.807, 2.05) is 30.5 Å². The number of rotatable bonds is 2. The van der Waals surface area contributed by atoms with Crippen LogP contribution in [-0.4, -0.2) is 11.5 Å². The number of nitrogens with two attached hydrogens (primary N) is 1. The van der Waals surface area contributed by atoms with Crippen molar-refractivity contribution in [3.05, 3.63) is 42.1 Å². The molecular formula is C14H14N2. The van der Waals surface area contributed by atoms with Crippen molar-refractivity contribution in [2.24, 2.45) is 5.73 Å². The summed E-state index contributed by atoms with van der Waals surface area (Å²) in [5.74, 6) is 6.19. The van der Waals surface area contributed by atoms with E-state index >= 15 is 0 Å². The summed E-state index contributed by atoms with van der Waals surface area (Å²) in [6.07, 6.45) is 3.37. The van der Waals surface area contributed by atoms with Gasteiger partial charge in [-0.1, -0.05) is 24.1 Å². The molecule has 0 atom stereocenters. The average Bonchev–Trinajstić information content (AvgIpc) is 2.35. The third kappa shape index (κ3) is 2.39. The lowest BCUT2D eigenvalue weighted by atomic mass is 10.1. The fourth-order valence-electron chi connectivity index (χ4n) is 1.63. The second-order valence-corrected chi connectivity index (χ2v) is 3.56. The molecular weight excluding hydrogens is 196 g/mol. The van der Waals surface area contributed by atoms with Crippen molar-refractivity contribution in [3.8, 4) is 11.8 Å². The maximum absolute atomic E-state index is 5.39. The van der Waals surface area contributed by atoms with Gasteiger partial charge in [0.15, 0.2) is 0 Å². The van der Waals surface area contributed by atoms with Gasteiger partial charge >= 0.3 is 0 Å². The summed E-state index contributed by atoms with van der Waals surface area (Å²) < 4.78 is 0. The molecule has 1 heterocycles. The first-order valence-corrected chi connectivity index (χ1v) is 5.40. The predicted octanol–water partition coefficient (Wildman–Crippen LogP) is 2.13. The van der Waals surface area contributed by atoms with E-state index in [2.05, 4.69) is 22.9 Å². The summed E-state index contributed by atoms with van der Waals surface area (Å²) >= 11 is 0. The first kappa shape index (κ1) is 10.7. The van der Waals surface area contributed by atoms with Gasteiger partial charge in [-0.15, -0.1) is 5.92 Å². The number of aromatic nitrogens is 1. The maximum atomic E-state index is 5.39. The molecule has 0 spiro atoms. The molecule has 0 unspecified atom stereocenters. The lowest BCUT2D eigenvalue weighted by molar-refractivity contribution is 1.03. The highest BCUT2D eigenvalue weighted by molar-refractivity contribution is 5.82. The van der Waals surface area contributed by atoms with Crippen LogP contribution >= 0.6 is 0 Å². The third-order valence-corrected chi connectivity index (χ3v) is 2.41. The summed E-state index contributed by atoms with van der Waals surface area (Å²) in [6, 6.07) is 10.2. The van der Waals surface area contributed by atoms with E-state index in [4.69, 9.17) is 5.73 Å². The molecule has 2 N–H and O–H groups in total. The fourth-order valence-corrected chi connectivity index (χ4v) is 1.63. The Balaban J connectivity index is 2.28. The van der Waals surface area contributed by atoms with Crippen LogP contribution < -0.4 is 5.73 Å². The van der Waals surface area contributed by atoms with Crippen molar-refractivity contribution in [1.29, 1.82) is 0 Å². The highest BCUT2D eigenvalue weighted by atomic mass is 14.6. The zero-order valence-corrected chi connectivity index (χ0v) is 9.11. The Kier molecular flexibility index (Phi) is 3.53. The van der Waals surface area contributed by atoms with Crippen LogP contribution in [0.4, 0.5) is 0 Å². The molecule has 0 saturated carbocycles. The molecule has 0 bridgehead atoms. The van der Waals surface area contributed by atoms with Crippen molar-refractivity contribution in [3.63, 3.8) is 0 Å². The molecule has 2 nitrogen and oxygen atoms in total. The number of benzene rings is 1. The van der Waals surface area contributed by atoms with Gasteiger partial charge < -0.3 is 5.73 Å². The number of pyridine rings is 1. The van der Waals surface area contributed by atoms with E-state index in [-0.39, 0.29) is 0 Å². The highest BCUT2D eigenvalue weighted by Crippen LogP contribution is 2.15. The molecule has 1 aromatic heterocycles. The number of fused-ring (bicyclic) bond motifs is 1. The van der Waals surface area contributed by atoms with Crippen LogP contribution in [0.2, 0.25) is 0 Å². The van der Waals surface area contributed by atoms with E-state index in [0.717, 1.165) is 18.4 Å². The average molecular weight is 210 g/mol. The highest BCUT2D eigenvalue weighted by Gasteiger charge is 1.98. The maximum Gasteiger partial charge on any atom is 0.0705 e. The van der Waals surface area contributed by atoms with Crippen LogP contribution in [-0.2, 0) is 6.42 Å². The molecule has 0 saturated heterocycles. The van der Waals surface area contributed by atoms with E-state index in [9.17, 15) is 0 Å². The van der Waals surface area contributed by atoms with Crippen LogP contribution in [0.25, 0.3) is 10.9 Å². The third-order valence-electron chi connectivity index (χ3n) is 2.41. The Morgan fingerprint density at radius 3 is 2.88 bits per heavy atom. The second-order valence-electron chi connectivity index (χ2n) is 3.56. The fraction of sp³-hybridized carbons (Fsp3) is 0.214. The first-order valence-electron chi connectivity index (χ1n) is 5.40. The quantitative estimate of drug-likeness (QED) is 0.771. The summed E-state index contributed by atoms with van der Waals surface area (Å²) in [6.45, 7) is 0.629. The minimum absolute atomic E-state index is 0.629. The summed E-state index contributed by atoms with van der Waals surface area (Å²) in [7, 11) is 0. The number of hydrogen-bond acceptors (Lipinski definition) is 2. The molecule has 0 radical (unpaired) electrons. The van der Waals surface area contributed by atoms with Crippen molar-refractivity contribution >= 4 is 10.9 Å². The van der Waals surface area contributed by atoms with Gasteiger partial charge in [-0.3, -0.25) is 4.98 Å². The monoisotopic (exact) mass is 210 g/mol. The second kappa shape index (κ2) is 5.29. The number of hydrogen-bond donors (Lipinski definition) is 1. The van der Waals surface area contributed by atoms with Crippen molar-refractivity contribution < 1.29 is 0 Å². The van der Waals surface area contributed by atoms with E-state index in [1.165, 1.54) is 10.9 Å². The van der Waals surface area contributed by atoms with Crippen LogP contribution in [0.5, 0.6) is 0 Å². The lowest BCUT2D eigenvalue weighted by Crippen LogP contribution is -1.95. The van der Waals surface area contributed by atoms with Crippen LogP contribution in [0, 0.1) is 11.8 Å². The SMILES string of the molecule is NCCC#CCc1ccnc2ccccc12. The molecule has 0 amide bonds. The number of para-hydroxylation sites is 1. The normalized spacial score (nSPS) is 9.81. The Bertz CT molecular complexity index is 530. The summed E-state index contributed by atoms with van der Waals surface area (Å²) in [5.41, 5.74) is 7.65. The molecule has 1 aromatic carbocycles. The molecule has 0 fully saturated rings. The van der Waals surface area contributed by atoms with E-state index in [0.29, 0.717) is 6.54 Å². The van der Waals surface area contributed by atoms with Gasteiger partial charge in [-0.25, -0.2) is 0 Å². The Labute approximate surface area is 95.5 Å². The number of nitrogens with zero attached hydrogens (tertiary/aromatic N) is 1. The van der Waals surface area contributed by atoms with Crippen LogP contribution in [0.1, 0.15) is 12.0 Å². The van der Waals surface area contributed by atoms with Gasteiger partial charge in [0.25, 0.3) is 0 Å². The van der Waals surface area contributed by atoms with Gasteiger partial charge in [0, 0.05) is 31.0 Å². The largest absolute Gasteiger partial charge is 0.330 e. The van der Waals surface area contributed by atoms with Gasteiger partial charge in [-0.05, 0) is 17.7 Å². The zero-order chi connectivity index (χ0) is 11.2. The molecule has 0 aliphatic carbocycles. The van der Waals surface area contributed by atoms with Crippen molar-refractivity contribution in [2.45, 2.75) is 12.8 Å².